The van der Waals surface area contributed by atoms with Crippen LogP contribution in [0.1, 0.15) is 74.1 Å². The fourth-order valence-corrected chi connectivity index (χ4v) is 12.9. The van der Waals surface area contributed by atoms with Gasteiger partial charge in [0.05, 0.1) is 60.2 Å². The molecule has 4 aromatic rings. The predicted octanol–water partition coefficient (Wildman–Crippen LogP) is 6.47. The van der Waals surface area contributed by atoms with E-state index in [-0.39, 0.29) is 55.7 Å². The van der Waals surface area contributed by atoms with Crippen LogP contribution in [-0.4, -0.2) is 83.5 Å². The molecule has 2 N–H and O–H groups in total. The smallest absolute Gasteiger partial charge is 0.264 e. The van der Waals surface area contributed by atoms with E-state index in [1.165, 1.54) is 10.0 Å². The lowest BCUT2D eigenvalue weighted by Gasteiger charge is -2.33. The van der Waals surface area contributed by atoms with Gasteiger partial charge in [-0.2, -0.15) is 10.2 Å². The molecule has 5 heterocycles. The molecule has 14 heteroatoms. The van der Waals surface area contributed by atoms with Crippen LogP contribution in [0.3, 0.4) is 0 Å². The van der Waals surface area contributed by atoms with E-state index in [0.717, 1.165) is 34.5 Å². The fraction of sp³-hybridized carbons (Fsp3) is 0.375. The molecule has 2 fully saturated rings. The molecular formula is C48H52N6O7Si. The second kappa shape index (κ2) is 16.5. The molecule has 0 unspecified atom stereocenters. The van der Waals surface area contributed by atoms with Crippen molar-refractivity contribution in [2.75, 3.05) is 28.1 Å². The summed E-state index contributed by atoms with van der Waals surface area (Å²) >= 11 is 0. The number of fused-ring (bicyclic) bond motifs is 2. The highest BCUT2D eigenvalue weighted by Crippen LogP contribution is 2.60. The lowest BCUT2D eigenvalue weighted by molar-refractivity contribution is -0.150. The van der Waals surface area contributed by atoms with Crippen LogP contribution in [0, 0.1) is 5.92 Å². The summed E-state index contributed by atoms with van der Waals surface area (Å²) in [6.07, 6.45) is 2.22. The normalized spacial score (nSPS) is 25.1. The highest BCUT2D eigenvalue weighted by atomic mass is 28.4. The van der Waals surface area contributed by atoms with Crippen molar-refractivity contribution in [2.24, 2.45) is 16.1 Å². The zero-order valence-electron chi connectivity index (χ0n) is 35.3. The quantitative estimate of drug-likeness (QED) is 0.174. The number of anilines is 3. The molecule has 0 bridgehead atoms. The van der Waals surface area contributed by atoms with E-state index in [9.17, 15) is 24.3 Å². The van der Waals surface area contributed by atoms with Crippen molar-refractivity contribution in [2.45, 2.75) is 94.8 Å². The van der Waals surface area contributed by atoms with Gasteiger partial charge in [-0.25, -0.2) is 10.0 Å². The maximum atomic E-state index is 15.5. The monoisotopic (exact) mass is 852 g/mol. The van der Waals surface area contributed by atoms with Gasteiger partial charge in [0.2, 0.25) is 17.7 Å². The molecule has 4 amide bonds. The van der Waals surface area contributed by atoms with Gasteiger partial charge in [0, 0.05) is 49.3 Å². The largest absolute Gasteiger partial charge is 0.432 e. The standard InChI is InChI=1S/C48H52N6O7Si/c1-31-46(62(2,3)60)42(28-45(58)51-25-11-18-37(51)30-55)61-48(31)38-27-36(54-44(57)24-21-40(50-54)34-15-8-5-9-16-34)19-22-41(38)52(47(48)59)29-32-12-10-17-35(26-32)53-43(56)23-20-39(49-53)33-13-6-4-7-14-33/h4-10,12-17,19,22,26-27,31,37,42,46,55,60H,11,18,20-21,23-25,28-30H2,1-3H3/t31-,37+,42+,46-,48+/m1/s1. The lowest BCUT2D eigenvalue weighted by atomic mass is 9.82. The van der Waals surface area contributed by atoms with E-state index < -0.39 is 31.5 Å². The van der Waals surface area contributed by atoms with Crippen molar-refractivity contribution in [3.63, 3.8) is 0 Å². The molecule has 2 saturated heterocycles. The second-order valence-corrected chi connectivity index (χ2v) is 21.6. The zero-order chi connectivity index (χ0) is 43.3. The molecule has 0 aliphatic carbocycles. The van der Waals surface area contributed by atoms with Crippen LogP contribution < -0.4 is 14.9 Å². The minimum atomic E-state index is -3.14. The van der Waals surface area contributed by atoms with E-state index >= 15 is 4.79 Å². The Morgan fingerprint density at radius 2 is 1.42 bits per heavy atom. The van der Waals surface area contributed by atoms with E-state index in [0.29, 0.717) is 54.9 Å². The van der Waals surface area contributed by atoms with Crippen LogP contribution in [0.2, 0.25) is 18.6 Å². The van der Waals surface area contributed by atoms with Crippen LogP contribution in [-0.2, 0) is 36.1 Å². The molecule has 320 valence electrons. The van der Waals surface area contributed by atoms with Crippen molar-refractivity contribution in [3.05, 3.63) is 125 Å². The molecule has 0 aromatic heterocycles. The van der Waals surface area contributed by atoms with Gasteiger partial charge in [-0.05, 0) is 73.0 Å². The minimum Gasteiger partial charge on any atom is -0.432 e. The molecule has 9 rings (SSSR count). The van der Waals surface area contributed by atoms with Gasteiger partial charge in [-0.3, -0.25) is 19.2 Å². The second-order valence-electron chi connectivity index (χ2n) is 17.6. The summed E-state index contributed by atoms with van der Waals surface area (Å²) in [5.41, 5.74) is 4.22. The van der Waals surface area contributed by atoms with Crippen LogP contribution >= 0.6 is 0 Å². The number of hydrogen-bond acceptors (Lipinski definition) is 9. The fourth-order valence-electron chi connectivity index (χ4n) is 10.4. The maximum absolute atomic E-state index is 15.5. The van der Waals surface area contributed by atoms with Gasteiger partial charge in [-0.1, -0.05) is 79.7 Å². The summed E-state index contributed by atoms with van der Waals surface area (Å²) in [5, 5.41) is 22.5. The number of likely N-dealkylation sites (tertiary alicyclic amines) is 1. The molecule has 1 spiro atoms. The van der Waals surface area contributed by atoms with Gasteiger partial charge < -0.3 is 24.4 Å². The average Bonchev–Trinajstić information content (AvgIpc) is 3.94. The molecule has 0 saturated carbocycles. The number of ether oxygens (including phenoxy) is 1. The number of aliphatic hydroxyl groups excluding tert-OH is 1. The van der Waals surface area contributed by atoms with Crippen molar-refractivity contribution in [3.8, 4) is 0 Å². The number of amides is 4. The molecular weight excluding hydrogens is 801 g/mol. The summed E-state index contributed by atoms with van der Waals surface area (Å²) in [6.45, 7) is 6.07. The van der Waals surface area contributed by atoms with Crippen molar-refractivity contribution in [1.29, 1.82) is 0 Å². The Kier molecular flexibility index (Phi) is 11.0. The maximum Gasteiger partial charge on any atom is 0.264 e. The lowest BCUT2D eigenvalue weighted by Crippen LogP contribution is -2.46. The predicted molar refractivity (Wildman–Crippen MR) is 239 cm³/mol. The molecule has 5 atom stereocenters. The SMILES string of the molecule is C[C@@H]1[C@@H]([Si](C)(C)O)[C@H](CC(=O)N2CCC[C@H]2CO)O[C@@]12C(=O)N(Cc1cccc(N3N=C(c4ccccc4)CCC3=O)c1)c1ccc(N3N=C(c4ccccc4)CCC3=O)cc12. The summed E-state index contributed by atoms with van der Waals surface area (Å²) in [4.78, 5) is 71.8. The Bertz CT molecular complexity index is 2470. The van der Waals surface area contributed by atoms with Crippen molar-refractivity contribution >= 4 is 60.4 Å². The number of benzene rings is 4. The van der Waals surface area contributed by atoms with Gasteiger partial charge in [0.25, 0.3) is 5.91 Å². The van der Waals surface area contributed by atoms with E-state index in [1.54, 1.807) is 15.9 Å². The third-order valence-corrected chi connectivity index (χ3v) is 15.8. The van der Waals surface area contributed by atoms with Gasteiger partial charge in [0.1, 0.15) is 0 Å². The molecule has 4 aromatic carbocycles. The van der Waals surface area contributed by atoms with E-state index in [2.05, 4.69) is 0 Å². The number of carbonyl (C=O) groups is 4. The van der Waals surface area contributed by atoms with Gasteiger partial charge in [0.15, 0.2) is 13.9 Å². The van der Waals surface area contributed by atoms with Crippen molar-refractivity contribution in [1.82, 2.24) is 4.90 Å². The Balaban J connectivity index is 1.11. The summed E-state index contributed by atoms with van der Waals surface area (Å²) < 4.78 is 7.08. The number of nitrogens with zero attached hydrogens (tertiary/aromatic N) is 6. The van der Waals surface area contributed by atoms with Crippen LogP contribution in [0.25, 0.3) is 0 Å². The first kappa shape index (κ1) is 41.5. The molecule has 62 heavy (non-hydrogen) atoms. The number of carbonyl (C=O) groups excluding carboxylic acids is 4. The number of hydrogen-bond donors (Lipinski definition) is 2. The summed E-state index contributed by atoms with van der Waals surface area (Å²) in [5.74, 6) is -1.41. The van der Waals surface area contributed by atoms with E-state index in [4.69, 9.17) is 14.9 Å². The highest BCUT2D eigenvalue weighted by Gasteiger charge is 2.66. The summed E-state index contributed by atoms with van der Waals surface area (Å²) in [7, 11) is -3.14. The Labute approximate surface area is 362 Å². The highest BCUT2D eigenvalue weighted by molar-refractivity contribution is 6.71. The Hall–Kier alpha value is -5.80. The zero-order valence-corrected chi connectivity index (χ0v) is 36.3. The van der Waals surface area contributed by atoms with Crippen LogP contribution in [0.4, 0.5) is 17.1 Å². The Morgan fingerprint density at radius 1 is 0.806 bits per heavy atom. The number of rotatable bonds is 10. The summed E-state index contributed by atoms with van der Waals surface area (Å²) in [6, 6.07) is 32.1. The van der Waals surface area contributed by atoms with Crippen LogP contribution in [0.5, 0.6) is 0 Å². The average molecular weight is 853 g/mol. The molecule has 13 nitrogen and oxygen atoms in total. The first-order valence-corrected chi connectivity index (χ1v) is 24.7. The third kappa shape index (κ3) is 7.38. The molecule has 0 radical (unpaired) electrons. The Morgan fingerprint density at radius 3 is 2.02 bits per heavy atom. The first-order valence-electron chi connectivity index (χ1n) is 21.6. The first-order chi connectivity index (χ1) is 29.9. The van der Waals surface area contributed by atoms with Crippen LogP contribution in [0.15, 0.2) is 113 Å². The number of aliphatic hydroxyl groups is 1. The number of hydrazone groups is 2. The van der Waals surface area contributed by atoms with Gasteiger partial charge in [-0.15, -0.1) is 0 Å². The topological polar surface area (TPSA) is 156 Å². The minimum absolute atomic E-state index is 0.0563. The molecule has 5 aliphatic rings. The third-order valence-electron chi connectivity index (χ3n) is 13.3. The van der Waals surface area contributed by atoms with Crippen molar-refractivity contribution < 1.29 is 33.8 Å². The van der Waals surface area contributed by atoms with E-state index in [1.807, 2.05) is 117 Å². The van der Waals surface area contributed by atoms with Gasteiger partial charge >= 0.3 is 0 Å². The molecule has 5 aliphatic heterocycles.